The Bertz CT molecular complexity index is 947. The van der Waals surface area contributed by atoms with Crippen LogP contribution in [-0.2, 0) is 4.79 Å². The molecule has 2 atom stereocenters. The van der Waals surface area contributed by atoms with Gasteiger partial charge in [-0.1, -0.05) is 314 Å². The summed E-state index contributed by atoms with van der Waals surface area (Å²) in [5.74, 6) is -0.0264. The third-order valence-corrected chi connectivity index (χ3v) is 14.2. The van der Waals surface area contributed by atoms with Gasteiger partial charge in [0.1, 0.15) is 0 Å². The number of aliphatic hydroxyl groups is 2. The summed E-state index contributed by atoms with van der Waals surface area (Å²) in [5, 5.41) is 23.4. The SMILES string of the molecule is CCCCCCC/C=C\C/C=C\CCCCCCCCCCCCCCCC(=O)NC(CO)C(O)CCCCCCCCCCCCCCCCCCCCCCCCCCCCCC. The van der Waals surface area contributed by atoms with Crippen molar-refractivity contribution in [3.05, 3.63) is 24.3 Å². The number of aliphatic hydroxyl groups excluding tert-OH is 2. The van der Waals surface area contributed by atoms with Crippen molar-refractivity contribution in [2.75, 3.05) is 6.61 Å². The fourth-order valence-corrected chi connectivity index (χ4v) is 9.63. The van der Waals surface area contributed by atoms with Crippen LogP contribution in [0, 0.1) is 0 Å². The standard InChI is InChI=1S/C61H119NO3/c1-3-5-7-9-11-13-15-17-19-21-23-25-27-29-30-31-33-34-36-38-40-42-44-46-48-50-52-54-56-60(64)59(58-63)62-61(65)57-55-53-51-49-47-45-43-41-39-37-35-32-28-26-24-22-20-18-16-14-12-10-8-6-4-2/h16,18,22,24,59-60,63-64H,3-15,17,19-21,23,25-58H2,1-2H3,(H,62,65)/b18-16-,24-22-. The Balaban J connectivity index is 3.42. The molecule has 0 aliphatic rings. The molecule has 0 aliphatic carbocycles. The largest absolute Gasteiger partial charge is 0.394 e. The minimum absolute atomic E-state index is 0.0264. The number of hydrogen-bond donors (Lipinski definition) is 3. The van der Waals surface area contributed by atoms with Gasteiger partial charge in [0.15, 0.2) is 0 Å². The lowest BCUT2D eigenvalue weighted by molar-refractivity contribution is -0.123. The summed E-state index contributed by atoms with van der Waals surface area (Å²) in [5.41, 5.74) is 0. The van der Waals surface area contributed by atoms with Crippen LogP contribution in [0.2, 0.25) is 0 Å². The van der Waals surface area contributed by atoms with Gasteiger partial charge in [0, 0.05) is 6.42 Å². The van der Waals surface area contributed by atoms with Crippen molar-refractivity contribution in [2.45, 2.75) is 353 Å². The first-order valence-electron chi connectivity index (χ1n) is 30.0. The number of allylic oxidation sites excluding steroid dienone is 4. The van der Waals surface area contributed by atoms with Gasteiger partial charge in [-0.15, -0.1) is 0 Å². The van der Waals surface area contributed by atoms with Crippen molar-refractivity contribution < 1.29 is 15.0 Å². The van der Waals surface area contributed by atoms with E-state index >= 15 is 0 Å². The molecule has 65 heavy (non-hydrogen) atoms. The molecular weight excluding hydrogens is 795 g/mol. The minimum Gasteiger partial charge on any atom is -0.394 e. The Morgan fingerprint density at radius 2 is 0.631 bits per heavy atom. The lowest BCUT2D eigenvalue weighted by Gasteiger charge is -2.22. The second-order valence-electron chi connectivity index (χ2n) is 20.8. The van der Waals surface area contributed by atoms with Crippen LogP contribution in [0.1, 0.15) is 341 Å². The van der Waals surface area contributed by atoms with Crippen molar-refractivity contribution in [3.63, 3.8) is 0 Å². The molecule has 2 unspecified atom stereocenters. The van der Waals surface area contributed by atoms with Gasteiger partial charge in [-0.2, -0.15) is 0 Å². The molecule has 0 aliphatic heterocycles. The lowest BCUT2D eigenvalue weighted by atomic mass is 10.0. The summed E-state index contributed by atoms with van der Waals surface area (Å²) in [7, 11) is 0. The quantitative estimate of drug-likeness (QED) is 0.0421. The number of carbonyl (C=O) groups is 1. The highest BCUT2D eigenvalue weighted by Gasteiger charge is 2.20. The molecule has 0 aromatic carbocycles. The van der Waals surface area contributed by atoms with Gasteiger partial charge in [-0.3, -0.25) is 4.79 Å². The van der Waals surface area contributed by atoms with E-state index in [9.17, 15) is 15.0 Å². The average Bonchev–Trinajstić information content (AvgIpc) is 3.31. The van der Waals surface area contributed by atoms with E-state index in [1.54, 1.807) is 0 Å². The first-order chi connectivity index (χ1) is 32.2. The van der Waals surface area contributed by atoms with Crippen LogP contribution in [-0.4, -0.2) is 34.9 Å². The van der Waals surface area contributed by atoms with Crippen LogP contribution < -0.4 is 5.32 Å². The van der Waals surface area contributed by atoms with E-state index in [0.29, 0.717) is 12.8 Å². The minimum atomic E-state index is -0.660. The molecule has 4 heteroatoms. The molecule has 0 radical (unpaired) electrons. The van der Waals surface area contributed by atoms with E-state index in [-0.39, 0.29) is 12.5 Å². The zero-order valence-electron chi connectivity index (χ0n) is 44.5. The number of carbonyl (C=O) groups excluding carboxylic acids is 1. The Kier molecular flexibility index (Phi) is 56.2. The van der Waals surface area contributed by atoms with Gasteiger partial charge in [-0.05, 0) is 44.9 Å². The molecule has 386 valence electrons. The summed E-state index contributed by atoms with van der Waals surface area (Å²) >= 11 is 0. The summed E-state index contributed by atoms with van der Waals surface area (Å²) < 4.78 is 0. The third-order valence-electron chi connectivity index (χ3n) is 14.2. The predicted molar refractivity (Wildman–Crippen MR) is 290 cm³/mol. The molecule has 0 aromatic heterocycles. The maximum atomic E-state index is 12.5. The zero-order valence-corrected chi connectivity index (χ0v) is 44.5. The summed E-state index contributed by atoms with van der Waals surface area (Å²) in [6.07, 6.45) is 76.1. The van der Waals surface area contributed by atoms with E-state index < -0.39 is 12.1 Å². The maximum Gasteiger partial charge on any atom is 0.220 e. The molecule has 0 fully saturated rings. The average molecular weight is 915 g/mol. The zero-order chi connectivity index (χ0) is 47.0. The molecule has 0 heterocycles. The molecule has 1 amide bonds. The molecule has 0 saturated heterocycles. The van der Waals surface area contributed by atoms with Crippen molar-refractivity contribution in [1.82, 2.24) is 5.32 Å². The Labute approximate surface area is 409 Å². The molecule has 3 N–H and O–H groups in total. The van der Waals surface area contributed by atoms with Crippen molar-refractivity contribution in [1.29, 1.82) is 0 Å². The second-order valence-corrected chi connectivity index (χ2v) is 20.8. The first-order valence-corrected chi connectivity index (χ1v) is 30.0. The third kappa shape index (κ3) is 53.7. The van der Waals surface area contributed by atoms with Crippen molar-refractivity contribution >= 4 is 5.91 Å². The maximum absolute atomic E-state index is 12.5. The molecule has 4 nitrogen and oxygen atoms in total. The van der Waals surface area contributed by atoms with Crippen LogP contribution in [0.4, 0.5) is 0 Å². The Morgan fingerprint density at radius 1 is 0.369 bits per heavy atom. The topological polar surface area (TPSA) is 69.6 Å². The predicted octanol–water partition coefficient (Wildman–Crippen LogP) is 19.9. The van der Waals surface area contributed by atoms with Crippen molar-refractivity contribution in [3.8, 4) is 0 Å². The number of amides is 1. The van der Waals surface area contributed by atoms with Gasteiger partial charge < -0.3 is 15.5 Å². The smallest absolute Gasteiger partial charge is 0.220 e. The van der Waals surface area contributed by atoms with Gasteiger partial charge in [-0.25, -0.2) is 0 Å². The Hall–Kier alpha value is -1.13. The summed E-state index contributed by atoms with van der Waals surface area (Å²) in [4.78, 5) is 12.5. The lowest BCUT2D eigenvalue weighted by Crippen LogP contribution is -2.45. The van der Waals surface area contributed by atoms with E-state index in [1.165, 1.54) is 283 Å². The van der Waals surface area contributed by atoms with Crippen molar-refractivity contribution in [2.24, 2.45) is 0 Å². The van der Waals surface area contributed by atoms with E-state index in [4.69, 9.17) is 0 Å². The highest BCUT2D eigenvalue weighted by atomic mass is 16.3. The van der Waals surface area contributed by atoms with E-state index in [1.807, 2.05) is 0 Å². The van der Waals surface area contributed by atoms with Crippen LogP contribution in [0.25, 0.3) is 0 Å². The van der Waals surface area contributed by atoms with Gasteiger partial charge in [0.25, 0.3) is 0 Å². The van der Waals surface area contributed by atoms with Gasteiger partial charge >= 0.3 is 0 Å². The number of hydrogen-bond acceptors (Lipinski definition) is 3. The highest BCUT2D eigenvalue weighted by molar-refractivity contribution is 5.76. The van der Waals surface area contributed by atoms with Crippen LogP contribution in [0.3, 0.4) is 0 Å². The molecular formula is C61H119NO3. The number of nitrogens with one attached hydrogen (secondary N) is 1. The molecule has 0 aromatic rings. The monoisotopic (exact) mass is 914 g/mol. The fourth-order valence-electron chi connectivity index (χ4n) is 9.63. The Morgan fingerprint density at radius 3 is 0.923 bits per heavy atom. The molecule has 0 rings (SSSR count). The van der Waals surface area contributed by atoms with E-state index in [2.05, 4.69) is 43.5 Å². The van der Waals surface area contributed by atoms with Crippen LogP contribution in [0.15, 0.2) is 24.3 Å². The first kappa shape index (κ1) is 63.9. The van der Waals surface area contributed by atoms with Gasteiger partial charge in [0.2, 0.25) is 5.91 Å². The molecule has 0 bridgehead atoms. The molecule has 0 saturated carbocycles. The van der Waals surface area contributed by atoms with Crippen LogP contribution in [0.5, 0.6) is 0 Å². The molecule has 0 spiro atoms. The summed E-state index contributed by atoms with van der Waals surface area (Å²) in [6.45, 7) is 4.39. The summed E-state index contributed by atoms with van der Waals surface area (Å²) in [6, 6.07) is -0.536. The number of unbranched alkanes of at least 4 members (excludes halogenated alkanes) is 45. The highest BCUT2D eigenvalue weighted by Crippen LogP contribution is 2.18. The van der Waals surface area contributed by atoms with Crippen LogP contribution >= 0.6 is 0 Å². The van der Waals surface area contributed by atoms with E-state index in [0.717, 1.165) is 32.1 Å². The van der Waals surface area contributed by atoms with Gasteiger partial charge in [0.05, 0.1) is 18.8 Å². The fraction of sp³-hybridized carbons (Fsp3) is 0.918. The number of rotatable bonds is 56. The second kappa shape index (κ2) is 57.2. The normalized spacial score (nSPS) is 12.9.